The van der Waals surface area contributed by atoms with E-state index in [1.54, 1.807) is 0 Å². The summed E-state index contributed by atoms with van der Waals surface area (Å²) in [5.74, 6) is 0. The van der Waals surface area contributed by atoms with Crippen LogP contribution in [0.3, 0.4) is 0 Å². The van der Waals surface area contributed by atoms with Crippen LogP contribution < -0.4 is 5.56 Å². The smallest absolute Gasteiger partial charge is 0.251 e. The quantitative estimate of drug-likeness (QED) is 0.618. The van der Waals surface area contributed by atoms with E-state index in [1.807, 2.05) is 6.92 Å². The van der Waals surface area contributed by atoms with Gasteiger partial charge in [-0.1, -0.05) is 0 Å². The first-order chi connectivity index (χ1) is 5.77. The van der Waals surface area contributed by atoms with Crippen molar-refractivity contribution in [1.82, 2.24) is 4.98 Å². The van der Waals surface area contributed by atoms with Crippen LogP contribution >= 0.6 is 0 Å². The summed E-state index contributed by atoms with van der Waals surface area (Å²) in [6.45, 7) is 1.94. The standard InChI is InChI=1S/C10H13NO/c1-7-6-8-4-2-3-5-9(8)10(12)11-7/h6H,2-5H2,1H3,(H,11,12). The molecule has 0 atom stereocenters. The zero-order valence-electron chi connectivity index (χ0n) is 7.31. The third-order valence-corrected chi connectivity index (χ3v) is 2.49. The Balaban J connectivity index is 2.60. The minimum Gasteiger partial charge on any atom is -0.326 e. The Hall–Kier alpha value is -1.05. The monoisotopic (exact) mass is 163 g/mol. The maximum absolute atomic E-state index is 11.4. The average Bonchev–Trinajstić information content (AvgIpc) is 2.04. The number of aryl methyl sites for hydroxylation is 2. The van der Waals surface area contributed by atoms with Crippen LogP contribution in [0.5, 0.6) is 0 Å². The van der Waals surface area contributed by atoms with Crippen molar-refractivity contribution in [1.29, 1.82) is 0 Å². The van der Waals surface area contributed by atoms with E-state index in [0.717, 1.165) is 24.1 Å². The van der Waals surface area contributed by atoms with Crippen molar-refractivity contribution in [2.45, 2.75) is 32.6 Å². The highest BCUT2D eigenvalue weighted by molar-refractivity contribution is 5.28. The van der Waals surface area contributed by atoms with Gasteiger partial charge in [0.2, 0.25) is 0 Å². The minimum atomic E-state index is 0.129. The van der Waals surface area contributed by atoms with Crippen molar-refractivity contribution in [2.75, 3.05) is 0 Å². The van der Waals surface area contributed by atoms with E-state index in [4.69, 9.17) is 0 Å². The maximum atomic E-state index is 11.4. The van der Waals surface area contributed by atoms with E-state index < -0.39 is 0 Å². The molecule has 0 spiro atoms. The first kappa shape index (κ1) is 7.59. The molecule has 0 unspecified atom stereocenters. The van der Waals surface area contributed by atoms with Gasteiger partial charge in [0.25, 0.3) is 5.56 Å². The number of H-pyrrole nitrogens is 1. The summed E-state index contributed by atoms with van der Waals surface area (Å²) in [6, 6.07) is 2.11. The molecule has 1 aromatic heterocycles. The summed E-state index contributed by atoms with van der Waals surface area (Å²) >= 11 is 0. The van der Waals surface area contributed by atoms with Crippen LogP contribution in [0.1, 0.15) is 29.7 Å². The number of hydrogen-bond donors (Lipinski definition) is 1. The Morgan fingerprint density at radius 3 is 2.92 bits per heavy atom. The SMILES string of the molecule is Cc1cc2c(c(=O)[nH]1)CCCC2. The maximum Gasteiger partial charge on any atom is 0.251 e. The number of pyridine rings is 1. The Bertz CT molecular complexity index is 351. The van der Waals surface area contributed by atoms with Crippen LogP contribution in [0.4, 0.5) is 0 Å². The molecule has 0 aromatic carbocycles. The fourth-order valence-electron chi connectivity index (χ4n) is 1.90. The molecule has 2 rings (SSSR count). The molecule has 2 heteroatoms. The number of nitrogens with one attached hydrogen (secondary N) is 1. The predicted octanol–water partition coefficient (Wildman–Crippen LogP) is 1.56. The normalized spacial score (nSPS) is 15.8. The van der Waals surface area contributed by atoms with Gasteiger partial charge in [-0.15, -0.1) is 0 Å². The molecule has 0 aliphatic heterocycles. The molecular formula is C10H13NO. The summed E-state index contributed by atoms with van der Waals surface area (Å²) in [7, 11) is 0. The van der Waals surface area contributed by atoms with Crippen molar-refractivity contribution in [3.05, 3.63) is 33.2 Å². The van der Waals surface area contributed by atoms with Gasteiger partial charge in [-0.05, 0) is 44.2 Å². The molecule has 64 valence electrons. The molecule has 1 heterocycles. The van der Waals surface area contributed by atoms with Crippen LogP contribution in [0, 0.1) is 6.92 Å². The topological polar surface area (TPSA) is 32.9 Å². The van der Waals surface area contributed by atoms with Gasteiger partial charge in [-0.3, -0.25) is 4.79 Å². The van der Waals surface area contributed by atoms with Gasteiger partial charge in [0, 0.05) is 11.3 Å². The Morgan fingerprint density at radius 2 is 2.08 bits per heavy atom. The summed E-state index contributed by atoms with van der Waals surface area (Å²) < 4.78 is 0. The molecule has 2 nitrogen and oxygen atoms in total. The van der Waals surface area contributed by atoms with Gasteiger partial charge in [-0.2, -0.15) is 0 Å². The molecule has 0 radical (unpaired) electrons. The number of fused-ring (bicyclic) bond motifs is 1. The largest absolute Gasteiger partial charge is 0.326 e. The molecule has 1 aliphatic carbocycles. The zero-order chi connectivity index (χ0) is 8.55. The molecule has 1 N–H and O–H groups in total. The third-order valence-electron chi connectivity index (χ3n) is 2.49. The second-order valence-electron chi connectivity index (χ2n) is 3.49. The van der Waals surface area contributed by atoms with Gasteiger partial charge in [0.05, 0.1) is 0 Å². The summed E-state index contributed by atoms with van der Waals surface area (Å²) in [4.78, 5) is 14.3. The van der Waals surface area contributed by atoms with Crippen LogP contribution in [0.2, 0.25) is 0 Å². The molecule has 0 fully saturated rings. The first-order valence-electron chi connectivity index (χ1n) is 4.49. The van der Waals surface area contributed by atoms with Gasteiger partial charge in [0.15, 0.2) is 0 Å². The molecule has 0 saturated carbocycles. The van der Waals surface area contributed by atoms with Gasteiger partial charge < -0.3 is 4.98 Å². The summed E-state index contributed by atoms with van der Waals surface area (Å²) in [6.07, 6.45) is 4.44. The van der Waals surface area contributed by atoms with Gasteiger partial charge in [0.1, 0.15) is 0 Å². The lowest BCUT2D eigenvalue weighted by atomic mass is 9.93. The molecule has 0 saturated heterocycles. The molecule has 0 bridgehead atoms. The zero-order valence-corrected chi connectivity index (χ0v) is 7.31. The second kappa shape index (κ2) is 2.77. The highest BCUT2D eigenvalue weighted by Gasteiger charge is 2.12. The fourth-order valence-corrected chi connectivity index (χ4v) is 1.90. The molecule has 0 amide bonds. The minimum absolute atomic E-state index is 0.129. The van der Waals surface area contributed by atoms with Crippen molar-refractivity contribution in [3.63, 3.8) is 0 Å². The van der Waals surface area contributed by atoms with E-state index in [-0.39, 0.29) is 5.56 Å². The lowest BCUT2D eigenvalue weighted by Crippen LogP contribution is -2.19. The third kappa shape index (κ3) is 1.17. The van der Waals surface area contributed by atoms with Crippen LogP contribution in [0.25, 0.3) is 0 Å². The number of hydrogen-bond acceptors (Lipinski definition) is 1. The molecular weight excluding hydrogens is 150 g/mol. The number of rotatable bonds is 0. The Morgan fingerprint density at radius 1 is 1.33 bits per heavy atom. The Labute approximate surface area is 71.6 Å². The van der Waals surface area contributed by atoms with E-state index in [9.17, 15) is 4.79 Å². The lowest BCUT2D eigenvalue weighted by Gasteiger charge is -2.14. The summed E-state index contributed by atoms with van der Waals surface area (Å²) in [5, 5.41) is 0. The summed E-state index contributed by atoms with van der Waals surface area (Å²) in [5.41, 5.74) is 3.40. The molecule has 1 aliphatic rings. The molecule has 12 heavy (non-hydrogen) atoms. The van der Waals surface area contributed by atoms with Crippen LogP contribution in [-0.2, 0) is 12.8 Å². The van der Waals surface area contributed by atoms with Crippen molar-refractivity contribution < 1.29 is 0 Å². The number of aromatic amines is 1. The lowest BCUT2D eigenvalue weighted by molar-refractivity contribution is 0.675. The fraction of sp³-hybridized carbons (Fsp3) is 0.500. The average molecular weight is 163 g/mol. The van der Waals surface area contributed by atoms with E-state index in [2.05, 4.69) is 11.1 Å². The van der Waals surface area contributed by atoms with Crippen LogP contribution in [-0.4, -0.2) is 4.98 Å². The van der Waals surface area contributed by atoms with Crippen molar-refractivity contribution in [3.8, 4) is 0 Å². The Kier molecular flexibility index (Phi) is 1.75. The van der Waals surface area contributed by atoms with E-state index in [0.29, 0.717) is 0 Å². The van der Waals surface area contributed by atoms with E-state index in [1.165, 1.54) is 18.4 Å². The highest BCUT2D eigenvalue weighted by Crippen LogP contribution is 2.17. The van der Waals surface area contributed by atoms with Gasteiger partial charge in [-0.25, -0.2) is 0 Å². The van der Waals surface area contributed by atoms with Crippen molar-refractivity contribution in [2.24, 2.45) is 0 Å². The van der Waals surface area contributed by atoms with Gasteiger partial charge >= 0.3 is 0 Å². The van der Waals surface area contributed by atoms with Crippen LogP contribution in [0.15, 0.2) is 10.9 Å². The highest BCUT2D eigenvalue weighted by atomic mass is 16.1. The number of aromatic nitrogens is 1. The first-order valence-corrected chi connectivity index (χ1v) is 4.49. The predicted molar refractivity (Wildman–Crippen MR) is 48.4 cm³/mol. The molecule has 1 aromatic rings. The van der Waals surface area contributed by atoms with Crippen molar-refractivity contribution >= 4 is 0 Å². The van der Waals surface area contributed by atoms with E-state index >= 15 is 0 Å². The second-order valence-corrected chi connectivity index (χ2v) is 3.49.